The number of carboxylic acids is 1. The fraction of sp³-hybridized carbons (Fsp3) is 0.562. The van der Waals surface area contributed by atoms with Crippen molar-refractivity contribution >= 4 is 11.9 Å². The van der Waals surface area contributed by atoms with E-state index in [4.69, 9.17) is 4.74 Å². The Morgan fingerprint density at radius 3 is 2.82 bits per heavy atom. The predicted octanol–water partition coefficient (Wildman–Crippen LogP) is 1.50. The SMILES string of the molecule is CCc1ccnc(C(=O)NCC(C(=O)O)C2CCOCC2)c1. The number of nitrogens with zero attached hydrogens (tertiary/aromatic N) is 1. The predicted molar refractivity (Wildman–Crippen MR) is 80.6 cm³/mol. The van der Waals surface area contributed by atoms with Gasteiger partial charge in [-0.2, -0.15) is 0 Å². The second-order valence-electron chi connectivity index (χ2n) is 5.51. The molecular formula is C16H22N2O4. The summed E-state index contributed by atoms with van der Waals surface area (Å²) in [5.41, 5.74) is 1.36. The summed E-state index contributed by atoms with van der Waals surface area (Å²) in [5, 5.41) is 12.1. The number of hydrogen-bond acceptors (Lipinski definition) is 4. The van der Waals surface area contributed by atoms with Crippen molar-refractivity contribution < 1.29 is 19.4 Å². The maximum Gasteiger partial charge on any atom is 0.308 e. The molecule has 1 saturated heterocycles. The molecule has 1 amide bonds. The van der Waals surface area contributed by atoms with Gasteiger partial charge in [0.15, 0.2) is 0 Å². The van der Waals surface area contributed by atoms with Gasteiger partial charge in [0.2, 0.25) is 0 Å². The summed E-state index contributed by atoms with van der Waals surface area (Å²) < 4.78 is 5.26. The Hall–Kier alpha value is -1.95. The molecular weight excluding hydrogens is 284 g/mol. The molecule has 0 aromatic carbocycles. The zero-order valence-corrected chi connectivity index (χ0v) is 12.7. The number of nitrogens with one attached hydrogen (secondary N) is 1. The van der Waals surface area contributed by atoms with Crippen molar-refractivity contribution in [3.63, 3.8) is 0 Å². The molecule has 0 aliphatic carbocycles. The number of hydrogen-bond donors (Lipinski definition) is 2. The lowest BCUT2D eigenvalue weighted by Gasteiger charge is -2.27. The van der Waals surface area contributed by atoms with Crippen LogP contribution in [-0.4, -0.2) is 41.7 Å². The van der Waals surface area contributed by atoms with Gasteiger partial charge < -0.3 is 15.2 Å². The Morgan fingerprint density at radius 2 is 2.18 bits per heavy atom. The minimum Gasteiger partial charge on any atom is -0.481 e. The molecule has 0 saturated carbocycles. The van der Waals surface area contributed by atoms with Crippen molar-refractivity contribution in [2.45, 2.75) is 26.2 Å². The summed E-state index contributed by atoms with van der Waals surface area (Å²) in [5.74, 6) is -1.74. The van der Waals surface area contributed by atoms with Crippen LogP contribution in [0.5, 0.6) is 0 Å². The molecule has 0 radical (unpaired) electrons. The zero-order valence-electron chi connectivity index (χ0n) is 12.7. The lowest BCUT2D eigenvalue weighted by Crippen LogP contribution is -2.39. The van der Waals surface area contributed by atoms with Crippen molar-refractivity contribution in [1.82, 2.24) is 10.3 Å². The van der Waals surface area contributed by atoms with Crippen molar-refractivity contribution in [2.75, 3.05) is 19.8 Å². The van der Waals surface area contributed by atoms with E-state index in [1.165, 1.54) is 0 Å². The second kappa shape index (κ2) is 7.89. The van der Waals surface area contributed by atoms with Crippen molar-refractivity contribution in [1.29, 1.82) is 0 Å². The Bertz CT molecular complexity index is 527. The molecule has 1 atom stereocenters. The van der Waals surface area contributed by atoms with Crippen LogP contribution < -0.4 is 5.32 Å². The van der Waals surface area contributed by atoms with E-state index in [0.29, 0.717) is 18.9 Å². The molecule has 1 aromatic rings. The highest BCUT2D eigenvalue weighted by Crippen LogP contribution is 2.23. The number of aryl methyl sites for hydroxylation is 1. The molecule has 2 heterocycles. The number of carboxylic acid groups (broad SMARTS) is 1. The average molecular weight is 306 g/mol. The van der Waals surface area contributed by atoms with Gasteiger partial charge in [-0.1, -0.05) is 6.92 Å². The van der Waals surface area contributed by atoms with E-state index in [-0.39, 0.29) is 18.4 Å². The summed E-state index contributed by atoms with van der Waals surface area (Å²) in [6.45, 7) is 3.30. The van der Waals surface area contributed by atoms with E-state index in [2.05, 4.69) is 10.3 Å². The lowest BCUT2D eigenvalue weighted by atomic mass is 9.86. The average Bonchev–Trinajstić information content (AvgIpc) is 2.55. The number of rotatable bonds is 6. The lowest BCUT2D eigenvalue weighted by molar-refractivity contribution is -0.144. The Morgan fingerprint density at radius 1 is 1.45 bits per heavy atom. The van der Waals surface area contributed by atoms with E-state index in [1.807, 2.05) is 13.0 Å². The van der Waals surface area contributed by atoms with E-state index in [9.17, 15) is 14.7 Å². The molecule has 2 rings (SSSR count). The van der Waals surface area contributed by atoms with Gasteiger partial charge in [0, 0.05) is 26.0 Å². The molecule has 1 aliphatic heterocycles. The van der Waals surface area contributed by atoms with Crippen LogP contribution in [0.1, 0.15) is 35.8 Å². The molecule has 1 unspecified atom stereocenters. The van der Waals surface area contributed by atoms with Crippen LogP contribution in [-0.2, 0) is 16.0 Å². The minimum absolute atomic E-state index is 0.0430. The van der Waals surface area contributed by atoms with Crippen LogP contribution >= 0.6 is 0 Å². The number of pyridine rings is 1. The Labute approximate surface area is 129 Å². The summed E-state index contributed by atoms with van der Waals surface area (Å²) >= 11 is 0. The topological polar surface area (TPSA) is 88.5 Å². The van der Waals surface area contributed by atoms with Gasteiger partial charge in [0.05, 0.1) is 5.92 Å². The molecule has 1 aliphatic rings. The quantitative estimate of drug-likeness (QED) is 0.831. The largest absolute Gasteiger partial charge is 0.481 e. The second-order valence-corrected chi connectivity index (χ2v) is 5.51. The van der Waals surface area contributed by atoms with Gasteiger partial charge in [-0.25, -0.2) is 0 Å². The van der Waals surface area contributed by atoms with E-state index in [1.54, 1.807) is 12.3 Å². The highest BCUT2D eigenvalue weighted by atomic mass is 16.5. The minimum atomic E-state index is -0.873. The third-order valence-electron chi connectivity index (χ3n) is 4.10. The number of carbonyl (C=O) groups excluding carboxylic acids is 1. The fourth-order valence-corrected chi connectivity index (χ4v) is 2.69. The van der Waals surface area contributed by atoms with Crippen LogP contribution in [0.15, 0.2) is 18.3 Å². The first-order chi connectivity index (χ1) is 10.6. The molecule has 6 nitrogen and oxygen atoms in total. The first-order valence-corrected chi connectivity index (χ1v) is 7.65. The maximum atomic E-state index is 12.1. The molecule has 0 spiro atoms. The number of ether oxygens (including phenoxy) is 1. The van der Waals surface area contributed by atoms with Crippen LogP contribution in [0.4, 0.5) is 0 Å². The van der Waals surface area contributed by atoms with Crippen LogP contribution in [0.25, 0.3) is 0 Å². The van der Waals surface area contributed by atoms with Gasteiger partial charge in [-0.15, -0.1) is 0 Å². The molecule has 1 aromatic heterocycles. The monoisotopic (exact) mass is 306 g/mol. The standard InChI is InChI=1S/C16H22N2O4/c1-2-11-3-6-17-14(9-11)15(19)18-10-13(16(20)21)12-4-7-22-8-5-12/h3,6,9,12-13H,2,4-5,7-8,10H2,1H3,(H,18,19)(H,20,21). The Kier molecular flexibility index (Phi) is 5.89. The third-order valence-corrected chi connectivity index (χ3v) is 4.10. The van der Waals surface area contributed by atoms with Crippen molar-refractivity contribution in [3.05, 3.63) is 29.6 Å². The number of carbonyl (C=O) groups is 2. The fourth-order valence-electron chi connectivity index (χ4n) is 2.69. The molecule has 120 valence electrons. The highest BCUT2D eigenvalue weighted by Gasteiger charge is 2.30. The van der Waals surface area contributed by atoms with Gasteiger partial charge in [0.25, 0.3) is 5.91 Å². The molecule has 1 fully saturated rings. The van der Waals surface area contributed by atoms with E-state index in [0.717, 1.165) is 24.8 Å². The first kappa shape index (κ1) is 16.4. The van der Waals surface area contributed by atoms with E-state index >= 15 is 0 Å². The molecule has 0 bridgehead atoms. The van der Waals surface area contributed by atoms with Crippen LogP contribution in [0, 0.1) is 11.8 Å². The molecule has 6 heteroatoms. The summed E-state index contributed by atoms with van der Waals surface area (Å²) in [6.07, 6.45) is 3.86. The summed E-state index contributed by atoms with van der Waals surface area (Å²) in [6, 6.07) is 3.60. The first-order valence-electron chi connectivity index (χ1n) is 7.65. The van der Waals surface area contributed by atoms with Crippen molar-refractivity contribution in [2.24, 2.45) is 11.8 Å². The van der Waals surface area contributed by atoms with Gasteiger partial charge in [-0.05, 0) is 42.9 Å². The molecule has 2 N–H and O–H groups in total. The number of aromatic nitrogens is 1. The normalized spacial score (nSPS) is 17.0. The van der Waals surface area contributed by atoms with Gasteiger partial charge in [0.1, 0.15) is 5.69 Å². The summed E-state index contributed by atoms with van der Waals surface area (Å²) in [7, 11) is 0. The van der Waals surface area contributed by atoms with Gasteiger partial charge in [-0.3, -0.25) is 14.6 Å². The van der Waals surface area contributed by atoms with Crippen LogP contribution in [0.3, 0.4) is 0 Å². The maximum absolute atomic E-state index is 12.1. The number of amides is 1. The van der Waals surface area contributed by atoms with E-state index < -0.39 is 11.9 Å². The highest BCUT2D eigenvalue weighted by molar-refractivity contribution is 5.92. The van der Waals surface area contributed by atoms with Crippen LogP contribution in [0.2, 0.25) is 0 Å². The number of aliphatic carboxylic acids is 1. The van der Waals surface area contributed by atoms with Gasteiger partial charge >= 0.3 is 5.97 Å². The molecule has 22 heavy (non-hydrogen) atoms. The summed E-state index contributed by atoms with van der Waals surface area (Å²) in [4.78, 5) is 27.6. The smallest absolute Gasteiger partial charge is 0.308 e. The van der Waals surface area contributed by atoms with Crippen molar-refractivity contribution in [3.8, 4) is 0 Å². The Balaban J connectivity index is 1.96. The zero-order chi connectivity index (χ0) is 15.9. The third kappa shape index (κ3) is 4.27.